The molecule has 0 bridgehead atoms. The van der Waals surface area contributed by atoms with Crippen molar-refractivity contribution in [2.24, 2.45) is 0 Å². The van der Waals surface area contributed by atoms with E-state index < -0.39 is 0 Å². The SMILES string of the molecule is S=C1CCCCC(CCc2nc3ncc(I)cc3[nH]2)N1. The lowest BCUT2D eigenvalue weighted by Gasteiger charge is -2.16. The first-order valence-electron chi connectivity index (χ1n) is 7.00. The molecule has 2 aromatic heterocycles. The van der Waals surface area contributed by atoms with Gasteiger partial charge in [0.15, 0.2) is 5.65 Å². The second kappa shape index (κ2) is 6.34. The van der Waals surface area contributed by atoms with Crippen molar-refractivity contribution in [2.45, 2.75) is 44.6 Å². The summed E-state index contributed by atoms with van der Waals surface area (Å²) in [5.74, 6) is 1.02. The third-order valence-electron chi connectivity index (χ3n) is 3.65. The van der Waals surface area contributed by atoms with Crippen molar-refractivity contribution in [1.29, 1.82) is 0 Å². The molecular weight excluding hydrogens is 383 g/mol. The van der Waals surface area contributed by atoms with E-state index >= 15 is 0 Å². The fourth-order valence-corrected chi connectivity index (χ4v) is 3.38. The number of hydrogen-bond donors (Lipinski definition) is 2. The molecule has 2 aromatic rings. The van der Waals surface area contributed by atoms with Gasteiger partial charge in [0.2, 0.25) is 0 Å². The zero-order valence-electron chi connectivity index (χ0n) is 11.2. The largest absolute Gasteiger partial charge is 0.377 e. The highest BCUT2D eigenvalue weighted by molar-refractivity contribution is 14.1. The molecule has 1 aliphatic heterocycles. The van der Waals surface area contributed by atoms with Crippen molar-refractivity contribution in [1.82, 2.24) is 20.3 Å². The first kappa shape index (κ1) is 14.2. The number of nitrogens with one attached hydrogen (secondary N) is 2. The molecule has 1 saturated heterocycles. The second-order valence-electron chi connectivity index (χ2n) is 5.26. The highest BCUT2D eigenvalue weighted by Gasteiger charge is 2.15. The summed E-state index contributed by atoms with van der Waals surface area (Å²) in [6, 6.07) is 2.57. The summed E-state index contributed by atoms with van der Waals surface area (Å²) in [5, 5.41) is 3.46. The predicted octanol–water partition coefficient (Wildman–Crippen LogP) is 3.35. The van der Waals surface area contributed by atoms with E-state index in [0.717, 1.165) is 44.8 Å². The number of halogens is 1. The Kier molecular flexibility index (Phi) is 4.50. The van der Waals surface area contributed by atoms with Crippen molar-refractivity contribution in [2.75, 3.05) is 0 Å². The molecule has 20 heavy (non-hydrogen) atoms. The predicted molar refractivity (Wildman–Crippen MR) is 92.9 cm³/mol. The fraction of sp³-hybridized carbons (Fsp3) is 0.500. The van der Waals surface area contributed by atoms with Crippen molar-refractivity contribution in [3.05, 3.63) is 21.7 Å². The molecular formula is C14H17IN4S. The highest BCUT2D eigenvalue weighted by atomic mass is 127. The number of aromatic amines is 1. The van der Waals surface area contributed by atoms with Crippen LogP contribution in [-0.4, -0.2) is 26.0 Å². The smallest absolute Gasteiger partial charge is 0.177 e. The molecule has 0 amide bonds. The molecule has 3 heterocycles. The van der Waals surface area contributed by atoms with Crippen molar-refractivity contribution >= 4 is 51.0 Å². The number of rotatable bonds is 3. The molecule has 0 aromatic carbocycles. The molecule has 106 valence electrons. The normalized spacial score (nSPS) is 19.9. The van der Waals surface area contributed by atoms with Gasteiger partial charge in [0, 0.05) is 22.2 Å². The Hall–Kier alpha value is -0.760. The van der Waals surface area contributed by atoms with E-state index in [9.17, 15) is 0 Å². The summed E-state index contributed by atoms with van der Waals surface area (Å²) in [7, 11) is 0. The van der Waals surface area contributed by atoms with Gasteiger partial charge in [0.05, 0.1) is 10.5 Å². The van der Waals surface area contributed by atoms with Crippen LogP contribution in [0.1, 0.15) is 37.9 Å². The quantitative estimate of drug-likeness (QED) is 0.613. The van der Waals surface area contributed by atoms with Crippen LogP contribution in [0.5, 0.6) is 0 Å². The molecule has 4 nitrogen and oxygen atoms in total. The minimum atomic E-state index is 0.492. The van der Waals surface area contributed by atoms with E-state index in [0.29, 0.717) is 6.04 Å². The van der Waals surface area contributed by atoms with Gasteiger partial charge in [-0.15, -0.1) is 0 Å². The van der Waals surface area contributed by atoms with Crippen LogP contribution in [0.2, 0.25) is 0 Å². The molecule has 1 fully saturated rings. The zero-order valence-corrected chi connectivity index (χ0v) is 14.1. The van der Waals surface area contributed by atoms with Crippen molar-refractivity contribution in [3.8, 4) is 0 Å². The van der Waals surface area contributed by atoms with Crippen molar-refractivity contribution < 1.29 is 0 Å². The molecule has 1 atom stereocenters. The number of aryl methyl sites for hydroxylation is 1. The van der Waals surface area contributed by atoms with Crippen LogP contribution < -0.4 is 5.32 Å². The van der Waals surface area contributed by atoms with Crippen LogP contribution in [0.4, 0.5) is 0 Å². The lowest BCUT2D eigenvalue weighted by atomic mass is 10.1. The average Bonchev–Trinajstić information content (AvgIpc) is 2.70. The molecule has 0 spiro atoms. The number of nitrogens with zero attached hydrogens (tertiary/aromatic N) is 2. The minimum Gasteiger partial charge on any atom is -0.377 e. The number of hydrogen-bond acceptors (Lipinski definition) is 3. The fourth-order valence-electron chi connectivity index (χ4n) is 2.62. The van der Waals surface area contributed by atoms with E-state index in [1.807, 2.05) is 6.20 Å². The lowest BCUT2D eigenvalue weighted by molar-refractivity contribution is 0.513. The van der Waals surface area contributed by atoms with Crippen LogP contribution in [-0.2, 0) is 6.42 Å². The first-order valence-corrected chi connectivity index (χ1v) is 8.49. The number of H-pyrrole nitrogens is 1. The number of fused-ring (bicyclic) bond motifs is 1. The summed E-state index contributed by atoms with van der Waals surface area (Å²) in [6.45, 7) is 0. The van der Waals surface area contributed by atoms with Gasteiger partial charge in [0.1, 0.15) is 5.82 Å². The number of imidazole rings is 1. The number of thiocarbonyl (C=S) groups is 1. The maximum atomic E-state index is 5.32. The topological polar surface area (TPSA) is 53.6 Å². The van der Waals surface area contributed by atoms with Gasteiger partial charge < -0.3 is 10.3 Å². The number of aromatic nitrogens is 3. The Morgan fingerprint density at radius 3 is 3.20 bits per heavy atom. The molecule has 2 N–H and O–H groups in total. The standard InChI is InChI=1S/C14H17IN4S/c15-9-7-11-14(16-8-9)19-12(18-11)6-5-10-3-1-2-4-13(20)17-10/h7-8,10H,1-6H2,(H,17,20)(H,16,18,19). The summed E-state index contributed by atoms with van der Waals surface area (Å²) >= 11 is 7.59. The summed E-state index contributed by atoms with van der Waals surface area (Å²) in [4.78, 5) is 13.3. The van der Waals surface area contributed by atoms with Crippen LogP contribution in [0.15, 0.2) is 12.3 Å². The Bertz CT molecular complexity index is 625. The van der Waals surface area contributed by atoms with E-state index in [1.165, 1.54) is 19.3 Å². The zero-order chi connectivity index (χ0) is 13.9. The summed E-state index contributed by atoms with van der Waals surface area (Å²) in [6.07, 6.45) is 8.57. The van der Waals surface area contributed by atoms with Gasteiger partial charge in [-0.2, -0.15) is 0 Å². The maximum Gasteiger partial charge on any atom is 0.177 e. The van der Waals surface area contributed by atoms with E-state index in [1.54, 1.807) is 0 Å². The molecule has 0 saturated carbocycles. The van der Waals surface area contributed by atoms with Gasteiger partial charge in [-0.25, -0.2) is 9.97 Å². The Labute approximate surface area is 137 Å². The first-order chi connectivity index (χ1) is 9.70. The molecule has 0 aliphatic carbocycles. The minimum absolute atomic E-state index is 0.492. The molecule has 0 radical (unpaired) electrons. The maximum absolute atomic E-state index is 5.32. The molecule has 1 unspecified atom stereocenters. The van der Waals surface area contributed by atoms with Gasteiger partial charge in [0.25, 0.3) is 0 Å². The average molecular weight is 400 g/mol. The third kappa shape index (κ3) is 3.46. The lowest BCUT2D eigenvalue weighted by Crippen LogP contribution is -2.32. The van der Waals surface area contributed by atoms with Gasteiger partial charge in [-0.1, -0.05) is 18.6 Å². The summed E-state index contributed by atoms with van der Waals surface area (Å²) in [5.41, 5.74) is 1.83. The van der Waals surface area contributed by atoms with Crippen LogP contribution in [0.25, 0.3) is 11.2 Å². The highest BCUT2D eigenvalue weighted by Crippen LogP contribution is 2.16. The Morgan fingerprint density at radius 2 is 2.30 bits per heavy atom. The second-order valence-corrected chi connectivity index (χ2v) is 7.00. The number of pyridine rings is 1. The van der Waals surface area contributed by atoms with E-state index in [2.05, 4.69) is 48.9 Å². The molecule has 1 aliphatic rings. The molecule has 6 heteroatoms. The van der Waals surface area contributed by atoms with Gasteiger partial charge in [-0.3, -0.25) is 0 Å². The van der Waals surface area contributed by atoms with Gasteiger partial charge >= 0.3 is 0 Å². The molecule has 3 rings (SSSR count). The van der Waals surface area contributed by atoms with Crippen molar-refractivity contribution in [3.63, 3.8) is 0 Å². The van der Waals surface area contributed by atoms with Gasteiger partial charge in [-0.05, 0) is 54.3 Å². The monoisotopic (exact) mass is 400 g/mol. The van der Waals surface area contributed by atoms with E-state index in [4.69, 9.17) is 12.2 Å². The Balaban J connectivity index is 1.65. The Morgan fingerprint density at radius 1 is 1.40 bits per heavy atom. The van der Waals surface area contributed by atoms with Crippen LogP contribution >= 0.6 is 34.8 Å². The van der Waals surface area contributed by atoms with Crippen LogP contribution in [0.3, 0.4) is 0 Å². The summed E-state index contributed by atoms with van der Waals surface area (Å²) < 4.78 is 1.13. The van der Waals surface area contributed by atoms with Crippen LogP contribution in [0, 0.1) is 3.57 Å². The third-order valence-corrected chi connectivity index (χ3v) is 4.57. The van der Waals surface area contributed by atoms with E-state index in [-0.39, 0.29) is 0 Å².